The Morgan fingerprint density at radius 1 is 0.967 bits per heavy atom. The van der Waals surface area contributed by atoms with E-state index in [0.717, 1.165) is 48.8 Å². The third-order valence-corrected chi connectivity index (χ3v) is 6.36. The molecule has 1 N–H and O–H groups in total. The van der Waals surface area contributed by atoms with Crippen LogP contribution in [-0.2, 0) is 26.0 Å². The van der Waals surface area contributed by atoms with Gasteiger partial charge in [0.2, 0.25) is 0 Å². The minimum atomic E-state index is -3.69. The normalized spacial score (nSPS) is 11.2. The lowest BCUT2D eigenvalue weighted by atomic mass is 10.1. The molecule has 2 aromatic rings. The molecule has 30 heavy (non-hydrogen) atoms. The summed E-state index contributed by atoms with van der Waals surface area (Å²) in [7, 11) is -0.710. The molecule has 2 aromatic carbocycles. The van der Waals surface area contributed by atoms with Crippen molar-refractivity contribution in [2.75, 3.05) is 18.9 Å². The van der Waals surface area contributed by atoms with E-state index < -0.39 is 10.0 Å². The van der Waals surface area contributed by atoms with E-state index in [1.807, 2.05) is 32.0 Å². The average molecular weight is 434 g/mol. The van der Waals surface area contributed by atoms with Crippen molar-refractivity contribution in [3.8, 4) is 5.75 Å². The molecule has 0 saturated heterocycles. The number of aryl methyl sites for hydroxylation is 3. The van der Waals surface area contributed by atoms with Crippen LogP contribution < -0.4 is 9.46 Å². The maximum Gasteiger partial charge on any atom is 0.305 e. The lowest BCUT2D eigenvalue weighted by Crippen LogP contribution is -2.15. The Kier molecular flexibility index (Phi) is 8.72. The third-order valence-electron chi connectivity index (χ3n) is 5.01. The number of carbonyl (C=O) groups is 1. The molecule has 0 fully saturated rings. The average Bonchev–Trinajstić information content (AvgIpc) is 2.73. The SMILES string of the molecule is COC(=O)CCCCCCc1cccc(S(=O)(=O)Nc2c(C)cc(OC)cc2C)c1. The lowest BCUT2D eigenvalue weighted by molar-refractivity contribution is -0.140. The predicted octanol–water partition coefficient (Wildman–Crippen LogP) is 4.78. The smallest absolute Gasteiger partial charge is 0.305 e. The van der Waals surface area contributed by atoms with Crippen LogP contribution >= 0.6 is 0 Å². The van der Waals surface area contributed by atoms with Gasteiger partial charge in [0.05, 0.1) is 24.8 Å². The number of unbranched alkanes of at least 4 members (excludes halogenated alkanes) is 3. The van der Waals surface area contributed by atoms with Crippen molar-refractivity contribution in [3.63, 3.8) is 0 Å². The summed E-state index contributed by atoms with van der Waals surface area (Å²) in [6.07, 6.45) is 4.92. The maximum atomic E-state index is 12.9. The standard InChI is InChI=1S/C23H31NO5S/c1-17-14-20(28-3)15-18(2)23(17)24-30(26,27)21-12-9-11-19(16-21)10-7-5-6-8-13-22(25)29-4/h9,11-12,14-16,24H,5-8,10,13H2,1-4H3. The van der Waals surface area contributed by atoms with Gasteiger partial charge in [0, 0.05) is 6.42 Å². The second-order valence-corrected chi connectivity index (χ2v) is 9.06. The van der Waals surface area contributed by atoms with E-state index in [1.165, 1.54) is 7.11 Å². The van der Waals surface area contributed by atoms with Crippen LogP contribution in [0.1, 0.15) is 48.8 Å². The number of hydrogen-bond acceptors (Lipinski definition) is 5. The quantitative estimate of drug-likeness (QED) is 0.407. The van der Waals surface area contributed by atoms with Crippen LogP contribution in [-0.4, -0.2) is 28.6 Å². The molecule has 164 valence electrons. The molecule has 0 bridgehead atoms. The van der Waals surface area contributed by atoms with E-state index >= 15 is 0 Å². The van der Waals surface area contributed by atoms with Gasteiger partial charge in [-0.3, -0.25) is 9.52 Å². The first-order valence-electron chi connectivity index (χ1n) is 10.1. The lowest BCUT2D eigenvalue weighted by Gasteiger charge is -2.15. The molecule has 0 aromatic heterocycles. The summed E-state index contributed by atoms with van der Waals surface area (Å²) in [6, 6.07) is 10.7. The van der Waals surface area contributed by atoms with Gasteiger partial charge in [-0.1, -0.05) is 25.0 Å². The molecule has 0 atom stereocenters. The van der Waals surface area contributed by atoms with Gasteiger partial charge in [0.25, 0.3) is 10.0 Å². The topological polar surface area (TPSA) is 81.7 Å². The summed E-state index contributed by atoms with van der Waals surface area (Å²) in [6.45, 7) is 3.70. The fourth-order valence-corrected chi connectivity index (χ4v) is 4.59. The number of nitrogens with one attached hydrogen (secondary N) is 1. The molecule has 0 spiro atoms. The van der Waals surface area contributed by atoms with Gasteiger partial charge < -0.3 is 9.47 Å². The van der Waals surface area contributed by atoms with Crippen LogP contribution in [0, 0.1) is 13.8 Å². The van der Waals surface area contributed by atoms with Crippen LogP contribution in [0.5, 0.6) is 5.75 Å². The van der Waals surface area contributed by atoms with Crippen molar-refractivity contribution >= 4 is 21.7 Å². The van der Waals surface area contributed by atoms with Crippen LogP contribution in [0.3, 0.4) is 0 Å². The van der Waals surface area contributed by atoms with Gasteiger partial charge in [-0.25, -0.2) is 8.42 Å². The molecule has 0 aliphatic carbocycles. The van der Waals surface area contributed by atoms with Crippen molar-refractivity contribution in [3.05, 3.63) is 53.1 Å². The van der Waals surface area contributed by atoms with Crippen LogP contribution in [0.15, 0.2) is 41.3 Å². The number of esters is 1. The van der Waals surface area contributed by atoms with Crippen LogP contribution in [0.2, 0.25) is 0 Å². The number of benzene rings is 2. The summed E-state index contributed by atoms with van der Waals surface area (Å²) < 4.78 is 38.5. The van der Waals surface area contributed by atoms with E-state index in [0.29, 0.717) is 17.9 Å². The third kappa shape index (κ3) is 6.76. The zero-order valence-electron chi connectivity index (χ0n) is 18.2. The second-order valence-electron chi connectivity index (χ2n) is 7.38. The van der Waals surface area contributed by atoms with Crippen molar-refractivity contribution in [2.45, 2.75) is 57.3 Å². The molecule has 0 aliphatic heterocycles. The summed E-state index contributed by atoms with van der Waals surface area (Å²) in [5.74, 6) is 0.518. The fraction of sp³-hybridized carbons (Fsp3) is 0.435. The number of carbonyl (C=O) groups excluding carboxylic acids is 1. The minimum Gasteiger partial charge on any atom is -0.497 e. The maximum absolute atomic E-state index is 12.9. The number of hydrogen-bond donors (Lipinski definition) is 1. The van der Waals surface area contributed by atoms with E-state index in [-0.39, 0.29) is 10.9 Å². The summed E-state index contributed by atoms with van der Waals surface area (Å²) in [5.41, 5.74) is 3.16. The number of anilines is 1. The number of rotatable bonds is 11. The molecule has 2 rings (SSSR count). The fourth-order valence-electron chi connectivity index (χ4n) is 3.32. The molecule has 0 heterocycles. The summed E-state index contributed by atoms with van der Waals surface area (Å²) in [5, 5.41) is 0. The summed E-state index contributed by atoms with van der Waals surface area (Å²) >= 11 is 0. The first-order chi connectivity index (χ1) is 14.3. The highest BCUT2D eigenvalue weighted by Crippen LogP contribution is 2.28. The Morgan fingerprint density at radius 3 is 2.27 bits per heavy atom. The zero-order valence-corrected chi connectivity index (χ0v) is 19.0. The van der Waals surface area contributed by atoms with Gasteiger partial charge in [-0.15, -0.1) is 0 Å². The molecule has 0 saturated carbocycles. The second kappa shape index (κ2) is 11.0. The Bertz CT molecular complexity index is 946. The van der Waals surface area contributed by atoms with E-state index in [4.69, 9.17) is 4.74 Å². The van der Waals surface area contributed by atoms with Gasteiger partial charge in [-0.05, 0) is 74.1 Å². The predicted molar refractivity (Wildman–Crippen MR) is 119 cm³/mol. The zero-order chi connectivity index (χ0) is 22.1. The molecular formula is C23H31NO5S. The minimum absolute atomic E-state index is 0.178. The van der Waals surface area contributed by atoms with Gasteiger partial charge in [-0.2, -0.15) is 0 Å². The highest BCUT2D eigenvalue weighted by molar-refractivity contribution is 7.92. The van der Waals surface area contributed by atoms with Gasteiger partial charge in [0.15, 0.2) is 0 Å². The molecule has 6 nitrogen and oxygen atoms in total. The largest absolute Gasteiger partial charge is 0.497 e. The number of sulfonamides is 1. The van der Waals surface area contributed by atoms with Crippen molar-refractivity contribution < 1.29 is 22.7 Å². The first-order valence-corrected chi connectivity index (χ1v) is 11.6. The monoisotopic (exact) mass is 433 g/mol. The van der Waals surface area contributed by atoms with Crippen molar-refractivity contribution in [1.82, 2.24) is 0 Å². The first kappa shape index (κ1) is 23.7. The van der Waals surface area contributed by atoms with Gasteiger partial charge in [0.1, 0.15) is 5.75 Å². The molecule has 0 radical (unpaired) electrons. The number of ether oxygens (including phenoxy) is 2. The Hall–Kier alpha value is -2.54. The van der Waals surface area contributed by atoms with Gasteiger partial charge >= 0.3 is 5.97 Å². The highest BCUT2D eigenvalue weighted by Gasteiger charge is 2.17. The highest BCUT2D eigenvalue weighted by atomic mass is 32.2. The van der Waals surface area contributed by atoms with Crippen LogP contribution in [0.4, 0.5) is 5.69 Å². The Balaban J connectivity index is 2.00. The molecule has 0 unspecified atom stereocenters. The van der Waals surface area contributed by atoms with Crippen molar-refractivity contribution in [2.24, 2.45) is 0 Å². The molecular weight excluding hydrogens is 402 g/mol. The molecule has 0 aliphatic rings. The van der Waals surface area contributed by atoms with Crippen molar-refractivity contribution in [1.29, 1.82) is 0 Å². The van der Waals surface area contributed by atoms with Crippen LogP contribution in [0.25, 0.3) is 0 Å². The Labute approximate surface area is 179 Å². The van der Waals surface area contributed by atoms with E-state index in [9.17, 15) is 13.2 Å². The molecule has 0 amide bonds. The Morgan fingerprint density at radius 2 is 1.63 bits per heavy atom. The van der Waals surface area contributed by atoms with E-state index in [2.05, 4.69) is 9.46 Å². The number of methoxy groups -OCH3 is 2. The van der Waals surface area contributed by atoms with E-state index in [1.54, 1.807) is 25.3 Å². The summed E-state index contributed by atoms with van der Waals surface area (Å²) in [4.78, 5) is 11.4. The molecule has 7 heteroatoms.